The molecule has 2 fully saturated rings. The average Bonchev–Trinajstić information content (AvgIpc) is 2.84. The number of nitrogens with two attached hydrogens (primary N) is 1. The Morgan fingerprint density at radius 3 is 3.00 bits per heavy atom. The number of amides is 1. The molecule has 102 valence electrons. The van der Waals surface area contributed by atoms with Crippen LogP contribution >= 0.6 is 0 Å². The van der Waals surface area contributed by atoms with E-state index in [1.165, 1.54) is 12.8 Å². The summed E-state index contributed by atoms with van der Waals surface area (Å²) in [6.45, 7) is 3.58. The summed E-state index contributed by atoms with van der Waals surface area (Å²) in [4.78, 5) is 18.7. The van der Waals surface area contributed by atoms with E-state index in [0.29, 0.717) is 11.8 Å². The van der Waals surface area contributed by atoms with E-state index in [4.69, 9.17) is 5.73 Å². The highest BCUT2D eigenvalue weighted by molar-refractivity contribution is 5.95. The van der Waals surface area contributed by atoms with E-state index in [0.717, 1.165) is 30.8 Å². The summed E-state index contributed by atoms with van der Waals surface area (Å²) in [5.74, 6) is 1.21. The summed E-state index contributed by atoms with van der Waals surface area (Å²) in [5, 5.41) is 0. The number of pyridine rings is 1. The Kier molecular flexibility index (Phi) is 3.27. The summed E-state index contributed by atoms with van der Waals surface area (Å²) in [5.41, 5.74) is 7.74. The molecule has 2 heterocycles. The normalized spacial score (nSPS) is 30.2. The van der Waals surface area contributed by atoms with Gasteiger partial charge in [-0.15, -0.1) is 0 Å². The number of hydrogen-bond donors (Lipinski definition) is 1. The molecule has 1 saturated heterocycles. The number of fused-ring (bicyclic) bond motifs is 1. The molecule has 1 aliphatic heterocycles. The molecule has 3 rings (SSSR count). The zero-order chi connectivity index (χ0) is 13.4. The third-order valence-corrected chi connectivity index (χ3v) is 4.68. The first-order valence-corrected chi connectivity index (χ1v) is 7.13. The van der Waals surface area contributed by atoms with Crippen LogP contribution < -0.4 is 5.73 Å². The molecular weight excluding hydrogens is 238 g/mol. The molecule has 3 atom stereocenters. The monoisotopic (exact) mass is 259 g/mol. The molecule has 3 unspecified atom stereocenters. The largest absolute Gasteiger partial charge is 0.338 e. The lowest BCUT2D eigenvalue weighted by molar-refractivity contribution is 0.0782. The first-order chi connectivity index (χ1) is 9.16. The topological polar surface area (TPSA) is 59.2 Å². The van der Waals surface area contributed by atoms with Crippen LogP contribution in [0.3, 0.4) is 0 Å². The predicted octanol–water partition coefficient (Wildman–Crippen LogP) is 1.59. The first kappa shape index (κ1) is 12.6. The van der Waals surface area contributed by atoms with Gasteiger partial charge in [-0.05, 0) is 43.7 Å². The van der Waals surface area contributed by atoms with Crippen molar-refractivity contribution in [1.82, 2.24) is 9.88 Å². The maximum atomic E-state index is 12.6. The van der Waals surface area contributed by atoms with Gasteiger partial charge in [-0.1, -0.05) is 6.42 Å². The number of rotatable bonds is 1. The summed E-state index contributed by atoms with van der Waals surface area (Å²) in [6, 6.07) is 3.97. The number of likely N-dealkylation sites (tertiary alicyclic amines) is 1. The van der Waals surface area contributed by atoms with E-state index in [9.17, 15) is 4.79 Å². The minimum Gasteiger partial charge on any atom is -0.338 e. The second-order valence-electron chi connectivity index (χ2n) is 5.87. The minimum atomic E-state index is 0.118. The third-order valence-electron chi connectivity index (χ3n) is 4.68. The maximum Gasteiger partial charge on any atom is 0.255 e. The highest BCUT2D eigenvalue weighted by atomic mass is 16.2. The van der Waals surface area contributed by atoms with Crippen LogP contribution in [-0.2, 0) is 0 Å². The van der Waals surface area contributed by atoms with Crippen LogP contribution in [0, 0.1) is 18.8 Å². The molecule has 1 aromatic rings. The Labute approximate surface area is 114 Å². The summed E-state index contributed by atoms with van der Waals surface area (Å²) >= 11 is 0. The molecule has 4 nitrogen and oxygen atoms in total. The van der Waals surface area contributed by atoms with Gasteiger partial charge in [-0.25, -0.2) is 0 Å². The highest BCUT2D eigenvalue weighted by Gasteiger charge is 2.40. The van der Waals surface area contributed by atoms with Crippen LogP contribution in [0.1, 0.15) is 35.3 Å². The van der Waals surface area contributed by atoms with Crippen LogP contribution in [0.5, 0.6) is 0 Å². The molecule has 4 heteroatoms. The molecule has 19 heavy (non-hydrogen) atoms. The summed E-state index contributed by atoms with van der Waals surface area (Å²) < 4.78 is 0. The SMILES string of the molecule is Cc1ncccc1C(=O)N1CC2CCCC(N)C2C1. The van der Waals surface area contributed by atoms with Crippen molar-refractivity contribution in [2.45, 2.75) is 32.2 Å². The third kappa shape index (κ3) is 2.25. The average molecular weight is 259 g/mol. The first-order valence-electron chi connectivity index (χ1n) is 7.13. The van der Waals surface area contributed by atoms with Crippen molar-refractivity contribution in [3.8, 4) is 0 Å². The van der Waals surface area contributed by atoms with Crippen LogP contribution in [0.15, 0.2) is 18.3 Å². The van der Waals surface area contributed by atoms with E-state index < -0.39 is 0 Å². The predicted molar refractivity (Wildman–Crippen MR) is 73.7 cm³/mol. The zero-order valence-corrected chi connectivity index (χ0v) is 11.4. The molecule has 0 bridgehead atoms. The molecule has 1 aliphatic carbocycles. The van der Waals surface area contributed by atoms with Gasteiger partial charge >= 0.3 is 0 Å². The van der Waals surface area contributed by atoms with Crippen LogP contribution in [0.25, 0.3) is 0 Å². The van der Waals surface area contributed by atoms with E-state index in [-0.39, 0.29) is 11.9 Å². The van der Waals surface area contributed by atoms with Gasteiger partial charge in [0.15, 0.2) is 0 Å². The molecule has 0 radical (unpaired) electrons. The van der Waals surface area contributed by atoms with Gasteiger partial charge in [0, 0.05) is 31.0 Å². The molecule has 2 N–H and O–H groups in total. The maximum absolute atomic E-state index is 12.6. The van der Waals surface area contributed by atoms with Crippen molar-refractivity contribution < 1.29 is 4.79 Å². The van der Waals surface area contributed by atoms with Crippen LogP contribution in [-0.4, -0.2) is 34.9 Å². The molecule has 0 aromatic carbocycles. The lowest BCUT2D eigenvalue weighted by Gasteiger charge is -2.29. The van der Waals surface area contributed by atoms with Gasteiger partial charge in [0.25, 0.3) is 5.91 Å². The summed E-state index contributed by atoms with van der Waals surface area (Å²) in [7, 11) is 0. The Morgan fingerprint density at radius 1 is 1.42 bits per heavy atom. The fraction of sp³-hybridized carbons (Fsp3) is 0.600. The van der Waals surface area contributed by atoms with Gasteiger partial charge < -0.3 is 10.6 Å². The molecule has 0 spiro atoms. The zero-order valence-electron chi connectivity index (χ0n) is 11.4. The van der Waals surface area contributed by atoms with Crippen molar-refractivity contribution in [2.75, 3.05) is 13.1 Å². The Hall–Kier alpha value is -1.42. The second kappa shape index (κ2) is 4.93. The van der Waals surface area contributed by atoms with Gasteiger partial charge in [0.1, 0.15) is 0 Å². The van der Waals surface area contributed by atoms with Gasteiger partial charge in [-0.2, -0.15) is 0 Å². The fourth-order valence-corrected chi connectivity index (χ4v) is 3.56. The standard InChI is InChI=1S/C15H21N3O/c1-10-12(5-3-7-17-10)15(19)18-8-11-4-2-6-14(16)13(11)9-18/h3,5,7,11,13-14H,2,4,6,8-9,16H2,1H3. The number of carbonyl (C=O) groups excluding carboxylic acids is 1. The van der Waals surface area contributed by atoms with Gasteiger partial charge in [0.2, 0.25) is 0 Å². The molecule has 1 aromatic heterocycles. The molecule has 1 amide bonds. The number of nitrogens with zero attached hydrogens (tertiary/aromatic N) is 2. The van der Waals surface area contributed by atoms with Crippen molar-refractivity contribution in [2.24, 2.45) is 17.6 Å². The number of hydrogen-bond acceptors (Lipinski definition) is 3. The minimum absolute atomic E-state index is 0.118. The van der Waals surface area contributed by atoms with Gasteiger partial charge in [-0.3, -0.25) is 9.78 Å². The van der Waals surface area contributed by atoms with Crippen LogP contribution in [0.2, 0.25) is 0 Å². The fourth-order valence-electron chi connectivity index (χ4n) is 3.56. The Morgan fingerprint density at radius 2 is 2.26 bits per heavy atom. The van der Waals surface area contributed by atoms with Crippen molar-refractivity contribution in [1.29, 1.82) is 0 Å². The number of carbonyl (C=O) groups is 1. The molecule has 2 aliphatic rings. The smallest absolute Gasteiger partial charge is 0.255 e. The van der Waals surface area contributed by atoms with Crippen molar-refractivity contribution in [3.63, 3.8) is 0 Å². The summed E-state index contributed by atoms with van der Waals surface area (Å²) in [6.07, 6.45) is 5.26. The molecular formula is C15H21N3O. The Balaban J connectivity index is 1.78. The highest BCUT2D eigenvalue weighted by Crippen LogP contribution is 2.36. The van der Waals surface area contributed by atoms with E-state index >= 15 is 0 Å². The second-order valence-corrected chi connectivity index (χ2v) is 5.87. The van der Waals surface area contributed by atoms with E-state index in [2.05, 4.69) is 4.98 Å². The van der Waals surface area contributed by atoms with E-state index in [1.807, 2.05) is 24.0 Å². The van der Waals surface area contributed by atoms with Gasteiger partial charge in [0.05, 0.1) is 5.56 Å². The Bertz CT molecular complexity index is 488. The van der Waals surface area contributed by atoms with E-state index in [1.54, 1.807) is 6.20 Å². The van der Waals surface area contributed by atoms with Crippen LogP contribution in [0.4, 0.5) is 0 Å². The molecule has 1 saturated carbocycles. The van der Waals surface area contributed by atoms with Crippen molar-refractivity contribution >= 4 is 5.91 Å². The number of aryl methyl sites for hydroxylation is 1. The quantitative estimate of drug-likeness (QED) is 0.833. The van der Waals surface area contributed by atoms with Crippen molar-refractivity contribution in [3.05, 3.63) is 29.6 Å². The lowest BCUT2D eigenvalue weighted by Crippen LogP contribution is -2.38. The number of aromatic nitrogens is 1. The lowest BCUT2D eigenvalue weighted by atomic mass is 9.78.